The Labute approximate surface area is 79.4 Å². The molecule has 1 aromatic heterocycles. The first-order chi connectivity index (χ1) is 5.91. The minimum Gasteiger partial charge on any atom is -0.384 e. The predicted molar refractivity (Wildman–Crippen MR) is 52.3 cm³/mol. The fourth-order valence-electron chi connectivity index (χ4n) is 1.37. The van der Waals surface area contributed by atoms with Gasteiger partial charge in [0.2, 0.25) is 0 Å². The zero-order valence-corrected chi connectivity index (χ0v) is 8.78. The second kappa shape index (κ2) is 3.50. The summed E-state index contributed by atoms with van der Waals surface area (Å²) in [6, 6.07) is 0. The van der Waals surface area contributed by atoms with E-state index in [0.717, 1.165) is 12.2 Å². The Kier molecular flexibility index (Phi) is 2.76. The molecule has 0 saturated heterocycles. The van der Waals surface area contributed by atoms with E-state index in [0.29, 0.717) is 5.92 Å². The van der Waals surface area contributed by atoms with Gasteiger partial charge in [0.25, 0.3) is 0 Å². The Morgan fingerprint density at radius 3 is 2.62 bits per heavy atom. The zero-order valence-electron chi connectivity index (χ0n) is 8.78. The monoisotopic (exact) mass is 182 g/mol. The van der Waals surface area contributed by atoms with Gasteiger partial charge in [-0.3, -0.25) is 0 Å². The van der Waals surface area contributed by atoms with Crippen LogP contribution in [0.4, 0.5) is 0 Å². The van der Waals surface area contributed by atoms with Crippen molar-refractivity contribution in [2.24, 2.45) is 5.92 Å². The highest BCUT2D eigenvalue weighted by molar-refractivity contribution is 5.07. The summed E-state index contributed by atoms with van der Waals surface area (Å²) in [6.07, 6.45) is 3.50. The van der Waals surface area contributed by atoms with Crippen LogP contribution in [0.1, 0.15) is 33.4 Å². The highest BCUT2D eigenvalue weighted by atomic mass is 16.3. The van der Waals surface area contributed by atoms with Crippen LogP contribution in [0.15, 0.2) is 12.5 Å². The van der Waals surface area contributed by atoms with E-state index in [4.69, 9.17) is 0 Å². The van der Waals surface area contributed by atoms with E-state index in [1.165, 1.54) is 0 Å². The van der Waals surface area contributed by atoms with E-state index >= 15 is 0 Å². The van der Waals surface area contributed by atoms with Crippen molar-refractivity contribution in [2.45, 2.75) is 39.8 Å². The van der Waals surface area contributed by atoms with Crippen LogP contribution in [0.5, 0.6) is 0 Å². The van der Waals surface area contributed by atoms with Crippen LogP contribution in [0.25, 0.3) is 0 Å². The molecule has 0 aromatic carbocycles. The first-order valence-electron chi connectivity index (χ1n) is 4.64. The maximum absolute atomic E-state index is 9.81. The fourth-order valence-corrected chi connectivity index (χ4v) is 1.37. The standard InChI is InChI=1S/C10H18N2O/c1-8(2)6-12-7-11-5-9(12)10(3,4)13/h5,7-8,13H,6H2,1-4H3. The molecule has 74 valence electrons. The maximum Gasteiger partial charge on any atom is 0.101 e. The predicted octanol–water partition coefficient (Wildman–Crippen LogP) is 1.77. The summed E-state index contributed by atoms with van der Waals surface area (Å²) in [5.41, 5.74) is 0.0759. The quantitative estimate of drug-likeness (QED) is 0.773. The molecule has 0 bridgehead atoms. The molecule has 1 rings (SSSR count). The van der Waals surface area contributed by atoms with Gasteiger partial charge in [-0.25, -0.2) is 4.98 Å². The number of rotatable bonds is 3. The molecule has 0 unspecified atom stereocenters. The molecule has 3 heteroatoms. The van der Waals surface area contributed by atoms with Crippen LogP contribution in [0.2, 0.25) is 0 Å². The van der Waals surface area contributed by atoms with Gasteiger partial charge in [0, 0.05) is 6.54 Å². The molecule has 0 atom stereocenters. The van der Waals surface area contributed by atoms with Gasteiger partial charge in [0.05, 0.1) is 18.2 Å². The van der Waals surface area contributed by atoms with Crippen LogP contribution in [-0.2, 0) is 12.1 Å². The number of aliphatic hydroxyl groups is 1. The maximum atomic E-state index is 9.81. The van der Waals surface area contributed by atoms with Crippen LogP contribution < -0.4 is 0 Å². The van der Waals surface area contributed by atoms with Crippen molar-refractivity contribution in [2.75, 3.05) is 0 Å². The lowest BCUT2D eigenvalue weighted by molar-refractivity contribution is 0.0690. The summed E-state index contributed by atoms with van der Waals surface area (Å²) in [5.74, 6) is 0.565. The minimum absolute atomic E-state index is 0.565. The van der Waals surface area contributed by atoms with Crippen molar-refractivity contribution in [1.29, 1.82) is 0 Å². The lowest BCUT2D eigenvalue weighted by atomic mass is 10.1. The number of aromatic nitrogens is 2. The van der Waals surface area contributed by atoms with Gasteiger partial charge < -0.3 is 9.67 Å². The van der Waals surface area contributed by atoms with E-state index in [1.54, 1.807) is 26.4 Å². The molecule has 0 aliphatic rings. The van der Waals surface area contributed by atoms with Crippen molar-refractivity contribution >= 4 is 0 Å². The van der Waals surface area contributed by atoms with Gasteiger partial charge in [-0.2, -0.15) is 0 Å². The van der Waals surface area contributed by atoms with Gasteiger partial charge in [0.15, 0.2) is 0 Å². The second-order valence-corrected chi connectivity index (χ2v) is 4.38. The lowest BCUT2D eigenvalue weighted by Gasteiger charge is -2.20. The molecule has 3 nitrogen and oxygen atoms in total. The van der Waals surface area contributed by atoms with Crippen LogP contribution in [0, 0.1) is 5.92 Å². The minimum atomic E-state index is -0.800. The zero-order chi connectivity index (χ0) is 10.1. The smallest absolute Gasteiger partial charge is 0.101 e. The summed E-state index contributed by atoms with van der Waals surface area (Å²) in [4.78, 5) is 4.04. The molecule has 0 radical (unpaired) electrons. The van der Waals surface area contributed by atoms with Crippen molar-refractivity contribution in [1.82, 2.24) is 9.55 Å². The number of imidazole rings is 1. The third-order valence-corrected chi connectivity index (χ3v) is 1.90. The molecule has 0 fully saturated rings. The Hall–Kier alpha value is -0.830. The van der Waals surface area contributed by atoms with E-state index in [2.05, 4.69) is 18.8 Å². The molecule has 1 heterocycles. The third kappa shape index (κ3) is 2.56. The number of hydrogen-bond donors (Lipinski definition) is 1. The molecule has 0 aliphatic heterocycles. The van der Waals surface area contributed by atoms with Crippen molar-refractivity contribution in [3.8, 4) is 0 Å². The molecule has 0 amide bonds. The van der Waals surface area contributed by atoms with Crippen molar-refractivity contribution < 1.29 is 5.11 Å². The molecular formula is C10H18N2O. The van der Waals surface area contributed by atoms with Gasteiger partial charge in [-0.05, 0) is 19.8 Å². The molecule has 1 N–H and O–H groups in total. The molecule has 0 saturated carbocycles. The Bertz CT molecular complexity index is 271. The summed E-state index contributed by atoms with van der Waals surface area (Å²) >= 11 is 0. The van der Waals surface area contributed by atoms with E-state index in [-0.39, 0.29) is 0 Å². The van der Waals surface area contributed by atoms with Gasteiger partial charge in [-0.1, -0.05) is 13.8 Å². The average Bonchev–Trinajstić information content (AvgIpc) is 2.31. The average molecular weight is 182 g/mol. The van der Waals surface area contributed by atoms with Gasteiger partial charge >= 0.3 is 0 Å². The number of hydrogen-bond acceptors (Lipinski definition) is 2. The number of nitrogens with zero attached hydrogens (tertiary/aromatic N) is 2. The second-order valence-electron chi connectivity index (χ2n) is 4.38. The van der Waals surface area contributed by atoms with Crippen molar-refractivity contribution in [3.63, 3.8) is 0 Å². The molecule has 13 heavy (non-hydrogen) atoms. The lowest BCUT2D eigenvalue weighted by Crippen LogP contribution is -2.21. The molecule has 0 aliphatic carbocycles. The first kappa shape index (κ1) is 10.3. The van der Waals surface area contributed by atoms with E-state index < -0.39 is 5.60 Å². The summed E-state index contributed by atoms with van der Waals surface area (Å²) in [6.45, 7) is 8.75. The van der Waals surface area contributed by atoms with Gasteiger partial charge in [-0.15, -0.1) is 0 Å². The topological polar surface area (TPSA) is 38.0 Å². The molecular weight excluding hydrogens is 164 g/mol. The normalized spacial score (nSPS) is 12.5. The van der Waals surface area contributed by atoms with Crippen LogP contribution >= 0.6 is 0 Å². The van der Waals surface area contributed by atoms with Crippen molar-refractivity contribution in [3.05, 3.63) is 18.2 Å². The van der Waals surface area contributed by atoms with Crippen LogP contribution in [-0.4, -0.2) is 14.7 Å². The fraction of sp³-hybridized carbons (Fsp3) is 0.700. The van der Waals surface area contributed by atoms with Gasteiger partial charge in [0.1, 0.15) is 5.60 Å². The third-order valence-electron chi connectivity index (χ3n) is 1.90. The van der Waals surface area contributed by atoms with E-state index in [1.807, 2.05) is 4.57 Å². The largest absolute Gasteiger partial charge is 0.384 e. The summed E-state index contributed by atoms with van der Waals surface area (Å²) in [5, 5.41) is 9.81. The Morgan fingerprint density at radius 1 is 1.54 bits per heavy atom. The SMILES string of the molecule is CC(C)Cn1cncc1C(C)(C)O. The van der Waals surface area contributed by atoms with E-state index in [9.17, 15) is 5.11 Å². The summed E-state index contributed by atoms with van der Waals surface area (Å²) < 4.78 is 2.00. The summed E-state index contributed by atoms with van der Waals surface area (Å²) in [7, 11) is 0. The Morgan fingerprint density at radius 2 is 2.15 bits per heavy atom. The molecule has 0 spiro atoms. The first-order valence-corrected chi connectivity index (χ1v) is 4.64. The van der Waals surface area contributed by atoms with Crippen LogP contribution in [0.3, 0.4) is 0 Å². The Balaban J connectivity index is 2.90. The molecule has 1 aromatic rings. The highest BCUT2D eigenvalue weighted by Gasteiger charge is 2.20. The highest BCUT2D eigenvalue weighted by Crippen LogP contribution is 2.19.